The Labute approximate surface area is 160 Å². The summed E-state index contributed by atoms with van der Waals surface area (Å²) >= 11 is 0. The summed E-state index contributed by atoms with van der Waals surface area (Å²) in [7, 11) is 1.68. The highest BCUT2D eigenvalue weighted by molar-refractivity contribution is 6.35. The summed E-state index contributed by atoms with van der Waals surface area (Å²) in [6.45, 7) is 5.11. The maximum atomic E-state index is 11.8. The second-order valence-electron chi connectivity index (χ2n) is 7.40. The number of ether oxygens (including phenoxy) is 1. The van der Waals surface area contributed by atoms with Gasteiger partial charge in [-0.3, -0.25) is 9.59 Å². The molecule has 1 aromatic carbocycles. The van der Waals surface area contributed by atoms with Crippen LogP contribution in [0.4, 0.5) is 0 Å². The van der Waals surface area contributed by atoms with Crippen LogP contribution in [0.2, 0.25) is 0 Å². The monoisotopic (exact) mass is 373 g/mol. The first-order chi connectivity index (χ1) is 13.1. The number of carbonyl (C=O) groups excluding carboxylic acids is 2. The standard InChI is InChI=1S/C20H28N4O3/c1-14(22-23-20(26)19(25)21-17-7-8-17)15-6-9-18(27-2)16(12-15)13-24-10-4-3-5-11-24/h6,9,12,17H,3-5,7-8,10-11,13H2,1-2H3,(H,21,25)(H,23,26)/p+1/b22-14-. The van der Waals surface area contributed by atoms with E-state index in [1.54, 1.807) is 12.0 Å². The Bertz CT molecular complexity index is 722. The Hall–Kier alpha value is -2.41. The van der Waals surface area contributed by atoms with Gasteiger partial charge in [0.15, 0.2) is 0 Å². The fourth-order valence-corrected chi connectivity index (χ4v) is 3.37. The number of benzene rings is 1. The largest absolute Gasteiger partial charge is 0.496 e. The number of quaternary nitrogens is 1. The first-order valence-electron chi connectivity index (χ1n) is 9.73. The van der Waals surface area contributed by atoms with Crippen LogP contribution in [0.1, 0.15) is 50.2 Å². The zero-order valence-electron chi connectivity index (χ0n) is 16.1. The van der Waals surface area contributed by atoms with Gasteiger partial charge >= 0.3 is 11.8 Å². The van der Waals surface area contributed by atoms with Crippen LogP contribution in [-0.2, 0) is 16.1 Å². The van der Waals surface area contributed by atoms with Crippen LogP contribution in [0.3, 0.4) is 0 Å². The number of nitrogens with zero attached hydrogens (tertiary/aromatic N) is 1. The molecule has 1 saturated heterocycles. The zero-order chi connectivity index (χ0) is 19.2. The molecule has 0 bridgehead atoms. The summed E-state index contributed by atoms with van der Waals surface area (Å²) in [5, 5.41) is 6.74. The average molecular weight is 373 g/mol. The van der Waals surface area contributed by atoms with Gasteiger partial charge in [-0.05, 0) is 62.8 Å². The molecule has 0 unspecified atom stereocenters. The van der Waals surface area contributed by atoms with Crippen LogP contribution >= 0.6 is 0 Å². The minimum atomic E-state index is -0.729. The van der Waals surface area contributed by atoms with E-state index in [1.165, 1.54) is 32.4 Å². The van der Waals surface area contributed by atoms with Crippen molar-refractivity contribution < 1.29 is 19.2 Å². The first-order valence-corrected chi connectivity index (χ1v) is 9.73. The summed E-state index contributed by atoms with van der Waals surface area (Å²) in [4.78, 5) is 25.1. The maximum Gasteiger partial charge on any atom is 0.329 e. The molecule has 3 rings (SSSR count). The van der Waals surface area contributed by atoms with Crippen molar-refractivity contribution >= 4 is 17.5 Å². The Kier molecular flexibility index (Phi) is 6.45. The van der Waals surface area contributed by atoms with Gasteiger partial charge in [-0.1, -0.05) is 0 Å². The highest BCUT2D eigenvalue weighted by Crippen LogP contribution is 2.20. The smallest absolute Gasteiger partial charge is 0.329 e. The molecule has 1 aliphatic heterocycles. The minimum Gasteiger partial charge on any atom is -0.496 e. The number of hydrogen-bond acceptors (Lipinski definition) is 4. The van der Waals surface area contributed by atoms with E-state index in [4.69, 9.17) is 4.74 Å². The third-order valence-electron chi connectivity index (χ3n) is 5.14. The predicted molar refractivity (Wildman–Crippen MR) is 103 cm³/mol. The van der Waals surface area contributed by atoms with Crippen molar-refractivity contribution in [3.05, 3.63) is 29.3 Å². The molecule has 146 valence electrons. The molecule has 0 spiro atoms. The molecule has 1 aliphatic carbocycles. The van der Waals surface area contributed by atoms with E-state index in [-0.39, 0.29) is 6.04 Å². The van der Waals surface area contributed by atoms with Gasteiger partial charge in [-0.15, -0.1) is 0 Å². The molecule has 0 aromatic heterocycles. The Morgan fingerprint density at radius 3 is 2.59 bits per heavy atom. The number of likely N-dealkylation sites (tertiary alicyclic amines) is 1. The van der Waals surface area contributed by atoms with Gasteiger partial charge in [0.1, 0.15) is 12.3 Å². The number of methoxy groups -OCH3 is 1. The van der Waals surface area contributed by atoms with Crippen molar-refractivity contribution in [2.45, 2.75) is 51.6 Å². The number of hydrogen-bond donors (Lipinski definition) is 3. The van der Waals surface area contributed by atoms with Crippen molar-refractivity contribution in [3.8, 4) is 5.75 Å². The van der Waals surface area contributed by atoms with Crippen molar-refractivity contribution in [1.29, 1.82) is 0 Å². The molecule has 2 aliphatic rings. The van der Waals surface area contributed by atoms with E-state index >= 15 is 0 Å². The van der Waals surface area contributed by atoms with E-state index < -0.39 is 11.8 Å². The van der Waals surface area contributed by atoms with Crippen LogP contribution in [0, 0.1) is 0 Å². The molecule has 0 radical (unpaired) electrons. The summed E-state index contributed by atoms with van der Waals surface area (Å²) < 4.78 is 5.52. The molecule has 27 heavy (non-hydrogen) atoms. The Morgan fingerprint density at radius 2 is 1.93 bits per heavy atom. The third-order valence-corrected chi connectivity index (χ3v) is 5.14. The second-order valence-corrected chi connectivity index (χ2v) is 7.40. The van der Waals surface area contributed by atoms with Gasteiger partial charge in [0.25, 0.3) is 0 Å². The predicted octanol–water partition coefficient (Wildman–Crippen LogP) is 0.383. The molecular weight excluding hydrogens is 344 g/mol. The normalized spacial score (nSPS) is 18.1. The molecule has 7 heteroatoms. The third kappa shape index (κ3) is 5.53. The fraction of sp³-hybridized carbons (Fsp3) is 0.550. The van der Waals surface area contributed by atoms with Gasteiger partial charge in [0.2, 0.25) is 0 Å². The Morgan fingerprint density at radius 1 is 1.19 bits per heavy atom. The van der Waals surface area contributed by atoms with E-state index in [2.05, 4.69) is 21.9 Å². The number of rotatable bonds is 6. The van der Waals surface area contributed by atoms with Crippen LogP contribution < -0.4 is 20.4 Å². The zero-order valence-corrected chi connectivity index (χ0v) is 16.1. The lowest BCUT2D eigenvalue weighted by Gasteiger charge is -2.24. The van der Waals surface area contributed by atoms with E-state index in [9.17, 15) is 9.59 Å². The lowest BCUT2D eigenvalue weighted by Crippen LogP contribution is -3.11. The number of hydrazone groups is 1. The number of piperidine rings is 1. The van der Waals surface area contributed by atoms with Crippen LogP contribution in [-0.4, -0.2) is 43.8 Å². The molecule has 1 saturated carbocycles. The minimum absolute atomic E-state index is 0.148. The van der Waals surface area contributed by atoms with E-state index in [0.717, 1.165) is 36.3 Å². The summed E-state index contributed by atoms with van der Waals surface area (Å²) in [5.41, 5.74) is 5.04. The lowest BCUT2D eigenvalue weighted by molar-refractivity contribution is -0.918. The van der Waals surface area contributed by atoms with Crippen molar-refractivity contribution in [3.63, 3.8) is 0 Å². The summed E-state index contributed by atoms with van der Waals surface area (Å²) in [5.74, 6) is -0.483. The molecular formula is C20H29N4O3+. The number of amides is 2. The maximum absolute atomic E-state index is 11.8. The average Bonchev–Trinajstić information content (AvgIpc) is 3.50. The number of carbonyl (C=O) groups is 2. The van der Waals surface area contributed by atoms with Gasteiger partial charge in [0, 0.05) is 11.6 Å². The quantitative estimate of drug-likeness (QED) is 0.383. The highest BCUT2D eigenvalue weighted by Gasteiger charge is 2.26. The molecule has 0 atom stereocenters. The molecule has 3 N–H and O–H groups in total. The summed E-state index contributed by atoms with van der Waals surface area (Å²) in [6.07, 6.45) is 5.74. The topological polar surface area (TPSA) is 84.2 Å². The van der Waals surface area contributed by atoms with Crippen LogP contribution in [0.15, 0.2) is 23.3 Å². The lowest BCUT2D eigenvalue weighted by atomic mass is 10.0. The fourth-order valence-electron chi connectivity index (χ4n) is 3.37. The van der Waals surface area contributed by atoms with Gasteiger partial charge in [0.05, 0.1) is 25.9 Å². The first kappa shape index (κ1) is 19.4. The molecule has 1 aromatic rings. The van der Waals surface area contributed by atoms with Gasteiger partial charge in [-0.25, -0.2) is 5.43 Å². The van der Waals surface area contributed by atoms with Gasteiger partial charge in [-0.2, -0.15) is 5.10 Å². The molecule has 1 heterocycles. The Balaban J connectivity index is 1.65. The highest BCUT2D eigenvalue weighted by atomic mass is 16.5. The molecule has 7 nitrogen and oxygen atoms in total. The van der Waals surface area contributed by atoms with E-state index in [1.807, 2.05) is 19.1 Å². The second kappa shape index (κ2) is 8.99. The number of nitrogens with one attached hydrogen (secondary N) is 3. The van der Waals surface area contributed by atoms with Crippen molar-refractivity contribution in [1.82, 2.24) is 10.7 Å². The molecule has 2 amide bonds. The molecule has 2 fully saturated rings. The summed E-state index contributed by atoms with van der Waals surface area (Å²) in [6, 6.07) is 6.07. The van der Waals surface area contributed by atoms with Crippen molar-refractivity contribution in [2.75, 3.05) is 20.2 Å². The van der Waals surface area contributed by atoms with Crippen LogP contribution in [0.25, 0.3) is 0 Å². The van der Waals surface area contributed by atoms with E-state index in [0.29, 0.717) is 5.71 Å². The SMILES string of the molecule is COc1ccc(/C(C)=N\NC(=O)C(=O)NC2CC2)cc1C[NH+]1CCCCC1. The van der Waals surface area contributed by atoms with Gasteiger partial charge < -0.3 is 15.0 Å². The van der Waals surface area contributed by atoms with Crippen LogP contribution in [0.5, 0.6) is 5.75 Å². The van der Waals surface area contributed by atoms with Crippen molar-refractivity contribution in [2.24, 2.45) is 5.10 Å².